The Kier molecular flexibility index (Phi) is 4.27. The molecule has 1 rings (SSSR count). The van der Waals surface area contributed by atoms with Gasteiger partial charge in [0.2, 0.25) is 0 Å². The molecule has 0 amide bonds. The van der Waals surface area contributed by atoms with E-state index in [1.54, 1.807) is 6.33 Å². The van der Waals surface area contributed by atoms with Gasteiger partial charge in [-0.3, -0.25) is 0 Å². The SMILES string of the molecule is CC(C)Cn1ncnc1CC(C)C(C)N. The molecule has 0 radical (unpaired) electrons. The van der Waals surface area contributed by atoms with Gasteiger partial charge in [-0.1, -0.05) is 20.8 Å². The molecule has 86 valence electrons. The second-order valence-corrected chi connectivity index (χ2v) is 4.79. The summed E-state index contributed by atoms with van der Waals surface area (Å²) in [6, 6.07) is 0.203. The molecule has 15 heavy (non-hydrogen) atoms. The highest BCUT2D eigenvalue weighted by Gasteiger charge is 2.13. The van der Waals surface area contributed by atoms with Gasteiger partial charge >= 0.3 is 0 Å². The minimum atomic E-state index is 0.203. The van der Waals surface area contributed by atoms with E-state index < -0.39 is 0 Å². The normalized spacial score (nSPS) is 15.6. The number of nitrogens with two attached hydrogens (primary N) is 1. The zero-order valence-electron chi connectivity index (χ0n) is 10.1. The van der Waals surface area contributed by atoms with Crippen molar-refractivity contribution < 1.29 is 0 Å². The fourth-order valence-corrected chi connectivity index (χ4v) is 1.42. The Bertz CT molecular complexity index is 291. The first-order valence-electron chi connectivity index (χ1n) is 5.63. The molecule has 4 nitrogen and oxygen atoms in total. The van der Waals surface area contributed by atoms with Crippen molar-refractivity contribution in [2.24, 2.45) is 17.6 Å². The average molecular weight is 210 g/mol. The monoisotopic (exact) mass is 210 g/mol. The Morgan fingerprint density at radius 3 is 2.53 bits per heavy atom. The van der Waals surface area contributed by atoms with Crippen LogP contribution in [0.1, 0.15) is 33.5 Å². The zero-order chi connectivity index (χ0) is 11.4. The molecule has 0 saturated heterocycles. The number of hydrogen-bond acceptors (Lipinski definition) is 3. The Balaban J connectivity index is 2.64. The van der Waals surface area contributed by atoms with E-state index in [2.05, 4.69) is 30.9 Å². The molecule has 1 aromatic heterocycles. The minimum absolute atomic E-state index is 0.203. The van der Waals surface area contributed by atoms with E-state index in [-0.39, 0.29) is 6.04 Å². The van der Waals surface area contributed by atoms with Crippen molar-refractivity contribution in [2.75, 3.05) is 0 Å². The molecule has 0 saturated carbocycles. The van der Waals surface area contributed by atoms with Crippen molar-refractivity contribution in [1.82, 2.24) is 14.8 Å². The first kappa shape index (κ1) is 12.2. The van der Waals surface area contributed by atoms with Crippen LogP contribution >= 0.6 is 0 Å². The summed E-state index contributed by atoms with van der Waals surface area (Å²) in [6.45, 7) is 9.48. The van der Waals surface area contributed by atoms with E-state index in [0.717, 1.165) is 18.8 Å². The van der Waals surface area contributed by atoms with Crippen molar-refractivity contribution in [3.63, 3.8) is 0 Å². The highest BCUT2D eigenvalue weighted by atomic mass is 15.3. The van der Waals surface area contributed by atoms with Crippen LogP contribution in [-0.2, 0) is 13.0 Å². The molecule has 0 aliphatic rings. The van der Waals surface area contributed by atoms with Crippen LogP contribution in [0.25, 0.3) is 0 Å². The van der Waals surface area contributed by atoms with Crippen molar-refractivity contribution in [1.29, 1.82) is 0 Å². The van der Waals surface area contributed by atoms with Gasteiger partial charge in [0.25, 0.3) is 0 Å². The second kappa shape index (κ2) is 5.26. The van der Waals surface area contributed by atoms with Gasteiger partial charge in [-0.2, -0.15) is 5.10 Å². The molecule has 0 bridgehead atoms. The summed E-state index contributed by atoms with van der Waals surface area (Å²) < 4.78 is 1.99. The quantitative estimate of drug-likeness (QED) is 0.800. The van der Waals surface area contributed by atoms with E-state index in [4.69, 9.17) is 5.73 Å². The van der Waals surface area contributed by atoms with Crippen LogP contribution in [0, 0.1) is 11.8 Å². The zero-order valence-corrected chi connectivity index (χ0v) is 10.1. The maximum Gasteiger partial charge on any atom is 0.138 e. The van der Waals surface area contributed by atoms with Crippen molar-refractivity contribution in [3.05, 3.63) is 12.2 Å². The molecule has 0 aromatic carbocycles. The maximum absolute atomic E-state index is 5.85. The van der Waals surface area contributed by atoms with Gasteiger partial charge in [-0.05, 0) is 18.8 Å². The lowest BCUT2D eigenvalue weighted by Gasteiger charge is -2.15. The molecule has 2 N–H and O–H groups in total. The lowest BCUT2D eigenvalue weighted by Crippen LogP contribution is -2.27. The van der Waals surface area contributed by atoms with Crippen molar-refractivity contribution >= 4 is 0 Å². The highest BCUT2D eigenvalue weighted by Crippen LogP contribution is 2.09. The molecule has 4 heteroatoms. The molecule has 2 unspecified atom stereocenters. The topological polar surface area (TPSA) is 56.7 Å². The number of rotatable bonds is 5. The first-order valence-corrected chi connectivity index (χ1v) is 5.63. The largest absolute Gasteiger partial charge is 0.328 e. The van der Waals surface area contributed by atoms with E-state index in [9.17, 15) is 0 Å². The van der Waals surface area contributed by atoms with E-state index in [1.807, 2.05) is 11.6 Å². The number of nitrogens with zero attached hydrogens (tertiary/aromatic N) is 3. The second-order valence-electron chi connectivity index (χ2n) is 4.79. The summed E-state index contributed by atoms with van der Waals surface area (Å²) >= 11 is 0. The van der Waals surface area contributed by atoms with Crippen molar-refractivity contribution in [3.8, 4) is 0 Å². The fraction of sp³-hybridized carbons (Fsp3) is 0.818. The molecule has 0 aliphatic carbocycles. The summed E-state index contributed by atoms with van der Waals surface area (Å²) in [4.78, 5) is 4.29. The Labute approximate surface area is 91.9 Å². The predicted molar refractivity (Wildman–Crippen MR) is 61.4 cm³/mol. The summed E-state index contributed by atoms with van der Waals surface area (Å²) in [5.74, 6) is 2.09. The van der Waals surface area contributed by atoms with Crippen LogP contribution in [0.3, 0.4) is 0 Å². The van der Waals surface area contributed by atoms with Crippen LogP contribution in [0.5, 0.6) is 0 Å². The summed E-state index contributed by atoms with van der Waals surface area (Å²) in [5, 5.41) is 4.23. The predicted octanol–water partition coefficient (Wildman–Crippen LogP) is 1.46. The van der Waals surface area contributed by atoms with Crippen LogP contribution in [0.2, 0.25) is 0 Å². The van der Waals surface area contributed by atoms with Crippen LogP contribution < -0.4 is 5.73 Å². The standard InChI is InChI=1S/C11H22N4/c1-8(2)6-15-11(13-7-14-15)5-9(3)10(4)12/h7-10H,5-6,12H2,1-4H3. The van der Waals surface area contributed by atoms with Gasteiger partial charge in [0.1, 0.15) is 12.2 Å². The van der Waals surface area contributed by atoms with Crippen molar-refractivity contribution in [2.45, 2.75) is 46.7 Å². The van der Waals surface area contributed by atoms with Gasteiger partial charge in [0.15, 0.2) is 0 Å². The van der Waals surface area contributed by atoms with Crippen LogP contribution in [0.4, 0.5) is 0 Å². The summed E-state index contributed by atoms with van der Waals surface area (Å²) in [7, 11) is 0. The highest BCUT2D eigenvalue weighted by molar-refractivity contribution is 4.88. The third-order valence-corrected chi connectivity index (χ3v) is 2.64. The van der Waals surface area contributed by atoms with Gasteiger partial charge in [-0.25, -0.2) is 9.67 Å². The third-order valence-electron chi connectivity index (χ3n) is 2.64. The molecule has 0 fully saturated rings. The van der Waals surface area contributed by atoms with Gasteiger partial charge < -0.3 is 5.73 Å². The average Bonchev–Trinajstić information content (AvgIpc) is 2.51. The molecule has 0 spiro atoms. The lowest BCUT2D eigenvalue weighted by atomic mass is 10.0. The molecular weight excluding hydrogens is 188 g/mol. The summed E-state index contributed by atoms with van der Waals surface area (Å²) in [6.07, 6.45) is 2.54. The molecule has 2 atom stereocenters. The minimum Gasteiger partial charge on any atom is -0.328 e. The molecule has 1 heterocycles. The van der Waals surface area contributed by atoms with Gasteiger partial charge in [0.05, 0.1) is 0 Å². The van der Waals surface area contributed by atoms with Crippen LogP contribution in [0.15, 0.2) is 6.33 Å². The van der Waals surface area contributed by atoms with Gasteiger partial charge in [0, 0.05) is 19.0 Å². The van der Waals surface area contributed by atoms with E-state index in [1.165, 1.54) is 0 Å². The number of hydrogen-bond donors (Lipinski definition) is 1. The molecular formula is C11H22N4. The lowest BCUT2D eigenvalue weighted by molar-refractivity contribution is 0.424. The Morgan fingerprint density at radius 1 is 1.33 bits per heavy atom. The van der Waals surface area contributed by atoms with E-state index >= 15 is 0 Å². The molecule has 0 aliphatic heterocycles. The molecule has 1 aromatic rings. The Hall–Kier alpha value is -0.900. The maximum atomic E-state index is 5.85. The number of aromatic nitrogens is 3. The van der Waals surface area contributed by atoms with Gasteiger partial charge in [-0.15, -0.1) is 0 Å². The van der Waals surface area contributed by atoms with E-state index in [0.29, 0.717) is 11.8 Å². The third kappa shape index (κ3) is 3.63. The first-order chi connectivity index (χ1) is 7.00. The Morgan fingerprint density at radius 2 is 2.00 bits per heavy atom. The smallest absolute Gasteiger partial charge is 0.138 e. The summed E-state index contributed by atoms with van der Waals surface area (Å²) in [5.41, 5.74) is 5.85. The van der Waals surface area contributed by atoms with Crippen LogP contribution in [-0.4, -0.2) is 20.8 Å². The fourth-order valence-electron chi connectivity index (χ4n) is 1.42.